The van der Waals surface area contributed by atoms with Crippen LogP contribution in [0.3, 0.4) is 0 Å². The fourth-order valence-electron chi connectivity index (χ4n) is 1.18. The van der Waals surface area contributed by atoms with Gasteiger partial charge < -0.3 is 4.43 Å². The van der Waals surface area contributed by atoms with Gasteiger partial charge >= 0.3 is 0 Å². The third kappa shape index (κ3) is 9.74. The minimum Gasteiger partial charge on any atom is -0.428 e. The molecule has 0 heterocycles. The van der Waals surface area contributed by atoms with Crippen molar-refractivity contribution in [3.8, 4) is 12.3 Å². The van der Waals surface area contributed by atoms with E-state index in [9.17, 15) is 0 Å². The van der Waals surface area contributed by atoms with Crippen LogP contribution in [0.4, 0.5) is 0 Å². The minimum atomic E-state index is 0.887. The molecule has 0 rings (SSSR count). The van der Waals surface area contributed by atoms with Gasteiger partial charge in [0, 0.05) is 13.0 Å². The Bertz CT molecular complexity index is 117. The predicted molar refractivity (Wildman–Crippen MR) is 57.0 cm³/mol. The molecule has 0 aliphatic carbocycles. The molecule has 0 fully saturated rings. The first-order valence-electron chi connectivity index (χ1n) is 4.84. The highest BCUT2D eigenvalue weighted by Gasteiger charge is 1.89. The molecule has 0 saturated heterocycles. The Hall–Kier alpha value is -0.263. The van der Waals surface area contributed by atoms with Crippen LogP contribution in [0.1, 0.15) is 44.9 Å². The maximum absolute atomic E-state index is 5.15. The Kier molecular flexibility index (Phi) is 10.5. The lowest BCUT2D eigenvalue weighted by molar-refractivity contribution is 0.333. The van der Waals surface area contributed by atoms with Gasteiger partial charge in [0.2, 0.25) is 0 Å². The zero-order chi connectivity index (χ0) is 9.07. The topological polar surface area (TPSA) is 9.23 Å². The van der Waals surface area contributed by atoms with Gasteiger partial charge in [-0.2, -0.15) is 0 Å². The van der Waals surface area contributed by atoms with Gasteiger partial charge in [0.1, 0.15) is 10.5 Å². The average Bonchev–Trinajstić information content (AvgIpc) is 2.10. The summed E-state index contributed by atoms with van der Waals surface area (Å²) in [5, 5.41) is 0. The molecule has 0 saturated carbocycles. The van der Waals surface area contributed by atoms with E-state index in [0.717, 1.165) is 23.5 Å². The predicted octanol–water partition coefficient (Wildman–Crippen LogP) is 1.65. The monoisotopic (exact) mass is 184 g/mol. The summed E-state index contributed by atoms with van der Waals surface area (Å²) in [6.45, 7) is 0.969. The highest BCUT2D eigenvalue weighted by atomic mass is 28.2. The van der Waals surface area contributed by atoms with Crippen LogP contribution >= 0.6 is 0 Å². The second kappa shape index (κ2) is 10.7. The van der Waals surface area contributed by atoms with Crippen LogP contribution in [-0.4, -0.2) is 17.1 Å². The van der Waals surface area contributed by atoms with Crippen molar-refractivity contribution in [1.29, 1.82) is 0 Å². The summed E-state index contributed by atoms with van der Waals surface area (Å²) in [4.78, 5) is 0. The van der Waals surface area contributed by atoms with E-state index in [4.69, 9.17) is 10.8 Å². The van der Waals surface area contributed by atoms with Gasteiger partial charge in [0.25, 0.3) is 0 Å². The zero-order valence-electron chi connectivity index (χ0n) is 8.14. The fraction of sp³-hybridized carbons (Fsp3) is 0.800. The number of rotatable bonds is 8. The molecule has 0 aromatic carbocycles. The molecule has 0 spiro atoms. The summed E-state index contributed by atoms with van der Waals surface area (Å²) in [6, 6.07) is 0. The molecule has 0 aliphatic rings. The molecule has 1 nitrogen and oxygen atoms in total. The van der Waals surface area contributed by atoms with E-state index >= 15 is 0 Å². The van der Waals surface area contributed by atoms with E-state index in [0.29, 0.717) is 0 Å². The van der Waals surface area contributed by atoms with Crippen molar-refractivity contribution in [3.63, 3.8) is 0 Å². The van der Waals surface area contributed by atoms with Crippen molar-refractivity contribution < 1.29 is 4.43 Å². The van der Waals surface area contributed by atoms with Crippen molar-refractivity contribution in [2.75, 3.05) is 6.61 Å². The molecule has 0 N–H and O–H groups in total. The summed E-state index contributed by atoms with van der Waals surface area (Å²) in [7, 11) is 0.887. The molecule has 0 amide bonds. The molecule has 0 aliphatic heterocycles. The minimum absolute atomic E-state index is 0.887. The van der Waals surface area contributed by atoms with Gasteiger partial charge in [0.05, 0.1) is 0 Å². The van der Waals surface area contributed by atoms with Gasteiger partial charge in [0.15, 0.2) is 0 Å². The van der Waals surface area contributed by atoms with Crippen molar-refractivity contribution >= 4 is 10.5 Å². The summed E-state index contributed by atoms with van der Waals surface area (Å²) in [5.41, 5.74) is 0. The van der Waals surface area contributed by atoms with E-state index in [1.807, 2.05) is 0 Å². The SMILES string of the molecule is C#CCCCCCCCCO[SiH3]. The third-order valence-corrected chi connectivity index (χ3v) is 2.33. The Morgan fingerprint density at radius 2 is 1.58 bits per heavy atom. The Morgan fingerprint density at radius 1 is 1.00 bits per heavy atom. The number of hydrogen-bond donors (Lipinski definition) is 0. The van der Waals surface area contributed by atoms with Crippen LogP contribution in [0.15, 0.2) is 0 Å². The van der Waals surface area contributed by atoms with Crippen molar-refractivity contribution in [2.24, 2.45) is 0 Å². The lowest BCUT2D eigenvalue weighted by Gasteiger charge is -1.99. The van der Waals surface area contributed by atoms with Gasteiger partial charge in [-0.1, -0.05) is 25.7 Å². The largest absolute Gasteiger partial charge is 0.428 e. The second-order valence-electron chi connectivity index (χ2n) is 3.07. The molecule has 0 bridgehead atoms. The molecule has 0 aromatic heterocycles. The number of unbranched alkanes of at least 4 members (excludes halogenated alkanes) is 6. The quantitative estimate of drug-likeness (QED) is 0.317. The standard InChI is InChI=1S/C10H20OSi/c1-2-3-4-5-6-7-8-9-10-11-12/h1H,3-10H2,12H3. The second-order valence-corrected chi connectivity index (χ2v) is 3.65. The lowest BCUT2D eigenvalue weighted by atomic mass is 10.1. The molecule has 0 unspecified atom stereocenters. The maximum atomic E-state index is 5.15. The first-order chi connectivity index (χ1) is 5.91. The van der Waals surface area contributed by atoms with E-state index < -0.39 is 0 Å². The molecule has 70 valence electrons. The molecular formula is C10H20OSi. The van der Waals surface area contributed by atoms with Crippen LogP contribution in [0.2, 0.25) is 0 Å². The zero-order valence-corrected chi connectivity index (χ0v) is 10.1. The Labute approximate surface area is 79.4 Å². The van der Waals surface area contributed by atoms with E-state index in [1.54, 1.807) is 0 Å². The van der Waals surface area contributed by atoms with E-state index in [-0.39, 0.29) is 0 Å². The van der Waals surface area contributed by atoms with Gasteiger partial charge in [-0.15, -0.1) is 12.3 Å². The number of hydrogen-bond acceptors (Lipinski definition) is 1. The van der Waals surface area contributed by atoms with Crippen molar-refractivity contribution in [1.82, 2.24) is 0 Å². The fourth-order valence-corrected chi connectivity index (χ4v) is 1.47. The highest BCUT2D eigenvalue weighted by Crippen LogP contribution is 2.06. The lowest BCUT2D eigenvalue weighted by Crippen LogP contribution is -1.89. The van der Waals surface area contributed by atoms with Crippen molar-refractivity contribution in [3.05, 3.63) is 0 Å². The highest BCUT2D eigenvalue weighted by molar-refractivity contribution is 5.97. The first kappa shape index (κ1) is 11.7. The molecule has 0 radical (unpaired) electrons. The van der Waals surface area contributed by atoms with Gasteiger partial charge in [-0.05, 0) is 12.8 Å². The van der Waals surface area contributed by atoms with Crippen molar-refractivity contribution in [2.45, 2.75) is 44.9 Å². The van der Waals surface area contributed by atoms with Crippen LogP contribution in [0, 0.1) is 12.3 Å². The summed E-state index contributed by atoms with van der Waals surface area (Å²) >= 11 is 0. The van der Waals surface area contributed by atoms with Crippen LogP contribution in [0.25, 0.3) is 0 Å². The van der Waals surface area contributed by atoms with Crippen LogP contribution < -0.4 is 0 Å². The summed E-state index contributed by atoms with van der Waals surface area (Å²) < 4.78 is 5.10. The molecule has 12 heavy (non-hydrogen) atoms. The van der Waals surface area contributed by atoms with Crippen LogP contribution in [0.5, 0.6) is 0 Å². The smallest absolute Gasteiger partial charge is 0.145 e. The average molecular weight is 184 g/mol. The van der Waals surface area contributed by atoms with E-state index in [1.165, 1.54) is 38.5 Å². The third-order valence-electron chi connectivity index (χ3n) is 1.92. The summed E-state index contributed by atoms with van der Waals surface area (Å²) in [5.74, 6) is 2.66. The Morgan fingerprint density at radius 3 is 2.17 bits per heavy atom. The Balaban J connectivity index is 2.78. The molecular weight excluding hydrogens is 164 g/mol. The summed E-state index contributed by atoms with van der Waals surface area (Å²) in [6.07, 6.45) is 13.8. The van der Waals surface area contributed by atoms with Crippen LogP contribution in [-0.2, 0) is 4.43 Å². The molecule has 0 atom stereocenters. The number of terminal acetylenes is 1. The maximum Gasteiger partial charge on any atom is 0.145 e. The molecule has 0 aromatic rings. The van der Waals surface area contributed by atoms with Gasteiger partial charge in [-0.25, -0.2) is 0 Å². The van der Waals surface area contributed by atoms with E-state index in [2.05, 4.69) is 5.92 Å². The first-order valence-corrected chi connectivity index (χ1v) is 5.66. The van der Waals surface area contributed by atoms with Gasteiger partial charge in [-0.3, -0.25) is 0 Å². The normalized spacial score (nSPS) is 9.92. The molecule has 2 heteroatoms.